The van der Waals surface area contributed by atoms with Crippen molar-refractivity contribution in [3.05, 3.63) is 76.4 Å². The van der Waals surface area contributed by atoms with E-state index in [0.29, 0.717) is 12.1 Å². The lowest BCUT2D eigenvalue weighted by atomic mass is 10.1. The first-order valence-electron chi connectivity index (χ1n) is 9.32. The quantitative estimate of drug-likeness (QED) is 0.131. The second kappa shape index (κ2) is 10.3. The fourth-order valence-corrected chi connectivity index (χ4v) is 2.46. The van der Waals surface area contributed by atoms with E-state index in [-0.39, 0.29) is 29.0 Å². The highest BCUT2D eigenvalue weighted by molar-refractivity contribution is 6.22. The van der Waals surface area contributed by atoms with Gasteiger partial charge in [0.25, 0.3) is 0 Å². The Labute approximate surface area is 184 Å². The average Bonchev–Trinajstić information content (AvgIpc) is 2.75. The Hall–Kier alpha value is -3.63. The molecule has 2 rings (SSSR count). The number of oxime groups is 1. The molecule has 0 fully saturated rings. The van der Waals surface area contributed by atoms with E-state index in [1.165, 1.54) is 19.9 Å². The lowest BCUT2D eigenvalue weighted by molar-refractivity contribution is -0.138. The van der Waals surface area contributed by atoms with Crippen molar-refractivity contribution in [1.29, 1.82) is 0 Å². The van der Waals surface area contributed by atoms with E-state index in [1.54, 1.807) is 0 Å². The maximum absolute atomic E-state index is 12.7. The number of benzene rings is 2. The van der Waals surface area contributed by atoms with E-state index in [9.17, 15) is 35.9 Å². The van der Waals surface area contributed by atoms with Crippen molar-refractivity contribution in [2.45, 2.75) is 26.2 Å². The molecule has 2 aromatic rings. The van der Waals surface area contributed by atoms with Crippen molar-refractivity contribution in [2.75, 3.05) is 6.61 Å². The van der Waals surface area contributed by atoms with Gasteiger partial charge in [0.05, 0.1) is 34.6 Å². The molecule has 0 aromatic heterocycles. The van der Waals surface area contributed by atoms with Crippen molar-refractivity contribution >= 4 is 23.7 Å². The van der Waals surface area contributed by atoms with Crippen LogP contribution in [0, 0.1) is 0 Å². The van der Waals surface area contributed by atoms with Gasteiger partial charge in [0.15, 0.2) is 0 Å². The highest BCUT2D eigenvalue weighted by Gasteiger charge is 2.31. The van der Waals surface area contributed by atoms with Gasteiger partial charge in [-0.3, -0.25) is 0 Å². The Balaban J connectivity index is 2.26. The van der Waals surface area contributed by atoms with Crippen LogP contribution in [0.5, 0.6) is 0 Å². The number of carbonyl (C=O) groups is 2. The van der Waals surface area contributed by atoms with E-state index in [2.05, 4.69) is 5.16 Å². The molecular weight excluding hydrogens is 456 g/mol. The number of hydrogen-bond donors (Lipinski definition) is 0. The first-order chi connectivity index (χ1) is 15.3. The Kier molecular flexibility index (Phi) is 8.02. The summed E-state index contributed by atoms with van der Waals surface area (Å²) in [6.45, 7) is 2.80. The number of rotatable bonds is 6. The van der Waals surface area contributed by atoms with Gasteiger partial charge in [0.1, 0.15) is 0 Å². The fourth-order valence-electron chi connectivity index (χ4n) is 2.46. The summed E-state index contributed by atoms with van der Waals surface area (Å²) in [5, 5.41) is 3.52. The highest BCUT2D eigenvalue weighted by atomic mass is 19.4. The molecule has 0 saturated carbocycles. The number of halogens is 6. The molecule has 0 unspecified atom stereocenters. The van der Waals surface area contributed by atoms with Gasteiger partial charge >= 0.3 is 24.3 Å². The summed E-state index contributed by atoms with van der Waals surface area (Å²) < 4.78 is 80.9. The largest absolute Gasteiger partial charge is 0.462 e. The van der Waals surface area contributed by atoms with E-state index in [4.69, 9.17) is 9.57 Å². The number of esters is 1. The summed E-state index contributed by atoms with van der Waals surface area (Å²) in [4.78, 5) is 29.0. The minimum atomic E-state index is -4.57. The minimum Gasteiger partial charge on any atom is -0.462 e. The minimum absolute atomic E-state index is 0.0121. The fraction of sp³-hybridized carbons (Fsp3) is 0.227. The molecule has 0 aliphatic carbocycles. The summed E-state index contributed by atoms with van der Waals surface area (Å²) in [7, 11) is 0. The molecule has 0 atom stereocenters. The van der Waals surface area contributed by atoms with Gasteiger partial charge in [-0.2, -0.15) is 26.3 Å². The van der Waals surface area contributed by atoms with Crippen molar-refractivity contribution < 1.29 is 45.5 Å². The Morgan fingerprint density at radius 2 is 1.36 bits per heavy atom. The lowest BCUT2D eigenvalue weighted by Gasteiger charge is -2.09. The molecule has 176 valence electrons. The van der Waals surface area contributed by atoms with Gasteiger partial charge in [-0.05, 0) is 61.9 Å². The molecule has 0 bridgehead atoms. The van der Waals surface area contributed by atoms with Crippen LogP contribution in [0.1, 0.15) is 40.9 Å². The average molecular weight is 473 g/mol. The van der Waals surface area contributed by atoms with Gasteiger partial charge in [-0.25, -0.2) is 9.59 Å². The number of nitrogens with zero attached hydrogens (tertiary/aromatic N) is 1. The van der Waals surface area contributed by atoms with Gasteiger partial charge in [0.2, 0.25) is 0 Å². The van der Waals surface area contributed by atoms with Crippen LogP contribution < -0.4 is 0 Å². The SMILES string of the molecule is CCOC(=O)C(=C/c1ccc(C(F)(F)F)cc1)/C(C)=N/OC(=O)c1ccc(C(F)(F)F)cc1. The van der Waals surface area contributed by atoms with E-state index >= 15 is 0 Å². The molecule has 0 N–H and O–H groups in total. The van der Waals surface area contributed by atoms with Gasteiger partial charge in [-0.1, -0.05) is 17.3 Å². The highest BCUT2D eigenvalue weighted by Crippen LogP contribution is 2.30. The predicted octanol–water partition coefficient (Wildman–Crippen LogP) is 5.90. The van der Waals surface area contributed by atoms with E-state index < -0.39 is 35.4 Å². The predicted molar refractivity (Wildman–Crippen MR) is 106 cm³/mol. The maximum atomic E-state index is 12.7. The van der Waals surface area contributed by atoms with Crippen LogP contribution in [0.25, 0.3) is 6.08 Å². The Morgan fingerprint density at radius 1 is 0.879 bits per heavy atom. The molecular formula is C22H17F6NO4. The molecule has 0 amide bonds. The zero-order chi connectivity index (χ0) is 24.8. The number of alkyl halides is 6. The van der Waals surface area contributed by atoms with Crippen LogP contribution in [-0.4, -0.2) is 24.3 Å². The summed E-state index contributed by atoms with van der Waals surface area (Å²) in [6.07, 6.45) is -7.91. The molecule has 0 saturated heterocycles. The lowest BCUT2D eigenvalue weighted by Crippen LogP contribution is -2.15. The maximum Gasteiger partial charge on any atom is 0.416 e. The van der Waals surface area contributed by atoms with Gasteiger partial charge in [-0.15, -0.1) is 0 Å². The van der Waals surface area contributed by atoms with Crippen LogP contribution in [0.2, 0.25) is 0 Å². The smallest absolute Gasteiger partial charge is 0.416 e. The zero-order valence-electron chi connectivity index (χ0n) is 17.3. The van der Waals surface area contributed by atoms with Crippen molar-refractivity contribution in [3.8, 4) is 0 Å². The van der Waals surface area contributed by atoms with Crippen LogP contribution in [0.4, 0.5) is 26.3 Å². The molecule has 2 aromatic carbocycles. The van der Waals surface area contributed by atoms with Crippen LogP contribution in [0.15, 0.2) is 59.3 Å². The third-order valence-corrected chi connectivity index (χ3v) is 4.15. The molecule has 0 heterocycles. The first kappa shape index (κ1) is 25.6. The van der Waals surface area contributed by atoms with E-state index in [0.717, 1.165) is 36.4 Å². The number of carbonyl (C=O) groups excluding carboxylic acids is 2. The van der Waals surface area contributed by atoms with Gasteiger partial charge in [0, 0.05) is 0 Å². The van der Waals surface area contributed by atoms with Crippen molar-refractivity contribution in [3.63, 3.8) is 0 Å². The first-order valence-corrected chi connectivity index (χ1v) is 9.32. The Morgan fingerprint density at radius 3 is 1.82 bits per heavy atom. The summed E-state index contributed by atoms with van der Waals surface area (Å²) >= 11 is 0. The normalized spacial score (nSPS) is 13.0. The van der Waals surface area contributed by atoms with Crippen molar-refractivity contribution in [1.82, 2.24) is 0 Å². The molecule has 0 aliphatic heterocycles. The topological polar surface area (TPSA) is 65.0 Å². The summed E-state index contributed by atoms with van der Waals surface area (Å²) in [5.74, 6) is -1.95. The second-order valence-electron chi connectivity index (χ2n) is 6.53. The molecule has 0 aliphatic rings. The van der Waals surface area contributed by atoms with Crippen LogP contribution >= 0.6 is 0 Å². The summed E-state index contributed by atoms with van der Waals surface area (Å²) in [5.41, 5.74) is -2.18. The number of hydrogen-bond acceptors (Lipinski definition) is 5. The molecule has 5 nitrogen and oxygen atoms in total. The molecule has 0 radical (unpaired) electrons. The van der Waals surface area contributed by atoms with Gasteiger partial charge < -0.3 is 9.57 Å². The monoisotopic (exact) mass is 473 g/mol. The second-order valence-corrected chi connectivity index (χ2v) is 6.53. The Bertz CT molecular complexity index is 1050. The van der Waals surface area contributed by atoms with Crippen molar-refractivity contribution in [2.24, 2.45) is 5.16 Å². The third-order valence-electron chi connectivity index (χ3n) is 4.15. The van der Waals surface area contributed by atoms with Crippen LogP contribution in [-0.2, 0) is 26.7 Å². The number of ether oxygens (including phenoxy) is 1. The summed E-state index contributed by atoms with van der Waals surface area (Å²) in [6, 6.07) is 7.11. The third kappa shape index (κ3) is 7.19. The zero-order valence-corrected chi connectivity index (χ0v) is 17.3. The molecule has 11 heteroatoms. The molecule has 33 heavy (non-hydrogen) atoms. The van der Waals surface area contributed by atoms with Crippen LogP contribution in [0.3, 0.4) is 0 Å². The molecule has 0 spiro atoms. The standard InChI is InChI=1S/C22H17F6NO4/c1-3-32-20(31)18(12-14-4-8-16(9-5-14)21(23,24)25)13(2)29-33-19(30)15-6-10-17(11-7-15)22(26,27)28/h4-12H,3H2,1-2H3/b18-12+,29-13+. The van der Waals surface area contributed by atoms with E-state index in [1.807, 2.05) is 0 Å².